The maximum Gasteiger partial charge on any atom is 0.330 e. The zero-order valence-corrected chi connectivity index (χ0v) is 11.3. The van der Waals surface area contributed by atoms with E-state index in [1.54, 1.807) is 36.4 Å². The zero-order chi connectivity index (χ0) is 14.4. The zero-order valence-electron chi connectivity index (χ0n) is 10.5. The molecule has 0 aliphatic heterocycles. The van der Waals surface area contributed by atoms with Gasteiger partial charge in [-0.25, -0.2) is 4.79 Å². The third-order valence-corrected chi connectivity index (χ3v) is 3.45. The van der Waals surface area contributed by atoms with Gasteiger partial charge in [0.05, 0.1) is 0 Å². The second kappa shape index (κ2) is 6.68. The summed E-state index contributed by atoms with van der Waals surface area (Å²) < 4.78 is 0. The fourth-order valence-corrected chi connectivity index (χ4v) is 2.29. The van der Waals surface area contributed by atoms with Gasteiger partial charge in [0.2, 0.25) is 5.91 Å². The average molecular weight is 287 g/mol. The number of carboxylic acids is 1. The Morgan fingerprint density at radius 1 is 1.15 bits per heavy atom. The molecule has 2 rings (SSSR count). The molecule has 2 N–H and O–H groups in total. The Bertz CT molecular complexity index is 605. The molecule has 0 bridgehead atoms. The summed E-state index contributed by atoms with van der Waals surface area (Å²) >= 11 is 1.50. The van der Waals surface area contributed by atoms with Gasteiger partial charge in [0, 0.05) is 11.0 Å². The van der Waals surface area contributed by atoms with Crippen LogP contribution in [0.1, 0.15) is 16.5 Å². The highest BCUT2D eigenvalue weighted by atomic mass is 32.1. The highest BCUT2D eigenvalue weighted by Gasteiger charge is 2.20. The van der Waals surface area contributed by atoms with Crippen molar-refractivity contribution in [3.63, 3.8) is 0 Å². The van der Waals surface area contributed by atoms with Crippen molar-refractivity contribution in [2.24, 2.45) is 0 Å². The fourth-order valence-electron chi connectivity index (χ4n) is 1.67. The number of hydrogen-bond acceptors (Lipinski definition) is 3. The van der Waals surface area contributed by atoms with Crippen LogP contribution in [0, 0.1) is 0 Å². The van der Waals surface area contributed by atoms with Gasteiger partial charge in [0.25, 0.3) is 0 Å². The molecule has 0 saturated heterocycles. The van der Waals surface area contributed by atoms with Crippen LogP contribution in [0.25, 0.3) is 6.08 Å². The molecule has 0 spiro atoms. The number of aliphatic carboxylic acids is 1. The van der Waals surface area contributed by atoms with Gasteiger partial charge in [-0.05, 0) is 23.1 Å². The molecule has 1 aromatic heterocycles. The number of carbonyl (C=O) groups excluding carboxylic acids is 1. The molecule has 5 heteroatoms. The molecule has 1 heterocycles. The number of thiophene rings is 1. The van der Waals surface area contributed by atoms with Crippen LogP contribution in [0.5, 0.6) is 0 Å². The third kappa shape index (κ3) is 3.80. The van der Waals surface area contributed by atoms with Crippen LogP contribution in [-0.2, 0) is 9.59 Å². The van der Waals surface area contributed by atoms with Gasteiger partial charge in [-0.1, -0.05) is 36.4 Å². The first kappa shape index (κ1) is 14.0. The molecule has 1 aromatic carbocycles. The van der Waals surface area contributed by atoms with Crippen molar-refractivity contribution in [3.8, 4) is 0 Å². The SMILES string of the molecule is O=C(/C=C/c1cccs1)N[C@@H](C(=O)O)c1ccccc1. The van der Waals surface area contributed by atoms with E-state index in [1.165, 1.54) is 17.4 Å². The predicted molar refractivity (Wildman–Crippen MR) is 78.3 cm³/mol. The Labute approximate surface area is 120 Å². The van der Waals surface area contributed by atoms with Gasteiger partial charge in [0.1, 0.15) is 0 Å². The van der Waals surface area contributed by atoms with E-state index in [0.29, 0.717) is 5.56 Å². The molecule has 0 fully saturated rings. The number of carboxylic acid groups (broad SMARTS) is 1. The van der Waals surface area contributed by atoms with E-state index in [-0.39, 0.29) is 0 Å². The van der Waals surface area contributed by atoms with Crippen LogP contribution in [0.2, 0.25) is 0 Å². The molecule has 1 atom stereocenters. The van der Waals surface area contributed by atoms with Gasteiger partial charge in [-0.15, -0.1) is 11.3 Å². The molecule has 4 nitrogen and oxygen atoms in total. The first-order chi connectivity index (χ1) is 9.66. The quantitative estimate of drug-likeness (QED) is 0.831. The Morgan fingerprint density at radius 3 is 2.50 bits per heavy atom. The summed E-state index contributed by atoms with van der Waals surface area (Å²) in [5, 5.41) is 13.6. The maximum absolute atomic E-state index is 11.8. The lowest BCUT2D eigenvalue weighted by Crippen LogP contribution is -2.32. The lowest BCUT2D eigenvalue weighted by atomic mass is 10.1. The highest BCUT2D eigenvalue weighted by Crippen LogP contribution is 2.13. The first-order valence-electron chi connectivity index (χ1n) is 5.96. The molecule has 0 unspecified atom stereocenters. The van der Waals surface area contributed by atoms with E-state index in [2.05, 4.69) is 5.32 Å². The summed E-state index contributed by atoms with van der Waals surface area (Å²) in [5.41, 5.74) is 0.540. The highest BCUT2D eigenvalue weighted by molar-refractivity contribution is 7.10. The lowest BCUT2D eigenvalue weighted by Gasteiger charge is -2.13. The summed E-state index contributed by atoms with van der Waals surface area (Å²) in [7, 11) is 0. The van der Waals surface area contributed by atoms with E-state index in [1.807, 2.05) is 17.5 Å². The molecule has 2 aromatic rings. The van der Waals surface area contributed by atoms with Gasteiger partial charge in [0.15, 0.2) is 6.04 Å². The van der Waals surface area contributed by atoms with Crippen molar-refractivity contribution in [1.82, 2.24) is 5.32 Å². The van der Waals surface area contributed by atoms with E-state index in [0.717, 1.165) is 4.88 Å². The minimum atomic E-state index is -1.09. The van der Waals surface area contributed by atoms with Gasteiger partial charge in [-0.3, -0.25) is 4.79 Å². The molecule has 0 radical (unpaired) electrons. The van der Waals surface area contributed by atoms with Crippen molar-refractivity contribution in [3.05, 3.63) is 64.4 Å². The van der Waals surface area contributed by atoms with Crippen molar-refractivity contribution >= 4 is 29.3 Å². The molecular weight excluding hydrogens is 274 g/mol. The van der Waals surface area contributed by atoms with E-state index in [4.69, 9.17) is 0 Å². The minimum absolute atomic E-state index is 0.436. The molecule has 1 amide bonds. The van der Waals surface area contributed by atoms with E-state index >= 15 is 0 Å². The van der Waals surface area contributed by atoms with Crippen LogP contribution in [0.4, 0.5) is 0 Å². The fraction of sp³-hybridized carbons (Fsp3) is 0.0667. The second-order valence-electron chi connectivity index (χ2n) is 4.04. The Balaban J connectivity index is 2.05. The monoisotopic (exact) mass is 287 g/mol. The van der Waals surface area contributed by atoms with Crippen molar-refractivity contribution in [2.45, 2.75) is 6.04 Å². The molecule has 0 aliphatic carbocycles. The average Bonchev–Trinajstić information content (AvgIpc) is 2.96. The molecule has 20 heavy (non-hydrogen) atoms. The van der Waals surface area contributed by atoms with Crippen molar-refractivity contribution in [2.75, 3.05) is 0 Å². The van der Waals surface area contributed by atoms with Crippen LogP contribution >= 0.6 is 11.3 Å². The van der Waals surface area contributed by atoms with Gasteiger partial charge in [-0.2, -0.15) is 0 Å². The normalized spacial score (nSPS) is 12.2. The van der Waals surface area contributed by atoms with Crippen molar-refractivity contribution in [1.29, 1.82) is 0 Å². The predicted octanol–water partition coefficient (Wildman–Crippen LogP) is 2.70. The third-order valence-electron chi connectivity index (χ3n) is 2.61. The van der Waals surface area contributed by atoms with Crippen LogP contribution < -0.4 is 5.32 Å². The number of rotatable bonds is 5. The Hall–Kier alpha value is -2.40. The van der Waals surface area contributed by atoms with E-state index < -0.39 is 17.9 Å². The summed E-state index contributed by atoms with van der Waals surface area (Å²) in [4.78, 5) is 23.9. The van der Waals surface area contributed by atoms with Crippen LogP contribution in [0.3, 0.4) is 0 Å². The number of benzene rings is 1. The van der Waals surface area contributed by atoms with Crippen LogP contribution in [0.15, 0.2) is 53.9 Å². The summed E-state index contributed by atoms with van der Waals surface area (Å²) in [5.74, 6) is -1.52. The van der Waals surface area contributed by atoms with Crippen molar-refractivity contribution < 1.29 is 14.7 Å². The standard InChI is InChI=1S/C15H13NO3S/c17-13(9-8-12-7-4-10-20-12)16-14(15(18)19)11-5-2-1-3-6-11/h1-10,14H,(H,16,17)(H,18,19)/b9-8+/t14-/m1/s1. The number of carbonyl (C=O) groups is 2. The maximum atomic E-state index is 11.8. The first-order valence-corrected chi connectivity index (χ1v) is 6.84. The summed E-state index contributed by atoms with van der Waals surface area (Å²) in [6.45, 7) is 0. The smallest absolute Gasteiger partial charge is 0.330 e. The topological polar surface area (TPSA) is 66.4 Å². The number of nitrogens with one attached hydrogen (secondary N) is 1. The number of amides is 1. The molecule has 0 aliphatic rings. The largest absolute Gasteiger partial charge is 0.479 e. The second-order valence-corrected chi connectivity index (χ2v) is 5.02. The van der Waals surface area contributed by atoms with E-state index in [9.17, 15) is 14.7 Å². The Morgan fingerprint density at radius 2 is 1.90 bits per heavy atom. The number of hydrogen-bond donors (Lipinski definition) is 2. The summed E-state index contributed by atoms with van der Waals surface area (Å²) in [6.07, 6.45) is 2.99. The molecular formula is C15H13NO3S. The molecule has 102 valence electrons. The van der Waals surface area contributed by atoms with Gasteiger partial charge < -0.3 is 10.4 Å². The summed E-state index contributed by atoms with van der Waals surface area (Å²) in [6, 6.07) is 11.3. The molecule has 0 saturated carbocycles. The van der Waals surface area contributed by atoms with Crippen LogP contribution in [-0.4, -0.2) is 17.0 Å². The lowest BCUT2D eigenvalue weighted by molar-refractivity contribution is -0.141. The Kier molecular flexibility index (Phi) is 4.68. The minimum Gasteiger partial charge on any atom is -0.479 e. The van der Waals surface area contributed by atoms with Gasteiger partial charge >= 0.3 is 5.97 Å².